The van der Waals surface area contributed by atoms with Crippen molar-refractivity contribution in [3.05, 3.63) is 84.1 Å². The molecule has 0 radical (unpaired) electrons. The van der Waals surface area contributed by atoms with E-state index in [0.717, 1.165) is 63.5 Å². The smallest absolute Gasteiger partial charge is 0.328 e. The Morgan fingerprint density at radius 1 is 0.814 bits per heavy atom. The Morgan fingerprint density at radius 2 is 1.42 bits per heavy atom. The van der Waals surface area contributed by atoms with Crippen LogP contribution in [0.4, 0.5) is 5.82 Å². The van der Waals surface area contributed by atoms with Crippen molar-refractivity contribution in [2.24, 2.45) is 4.99 Å². The molecule has 1 fully saturated rings. The van der Waals surface area contributed by atoms with E-state index in [9.17, 15) is 9.59 Å². The van der Waals surface area contributed by atoms with Crippen LogP contribution >= 0.6 is 0 Å². The first-order valence-corrected chi connectivity index (χ1v) is 14.5. The first-order chi connectivity index (χ1) is 21.1. The average molecular weight is 592 g/mol. The molecule has 0 amide bonds. The third kappa shape index (κ3) is 11.9. The molecule has 0 saturated carbocycles. The fraction of sp³-hybridized carbons (Fsp3) is 0.419. The predicted octanol–water partition coefficient (Wildman–Crippen LogP) is 1.99. The summed E-state index contributed by atoms with van der Waals surface area (Å²) in [6.07, 6.45) is 1.89. The molecule has 43 heavy (non-hydrogen) atoms. The van der Waals surface area contributed by atoms with Crippen molar-refractivity contribution < 1.29 is 23.8 Å². The van der Waals surface area contributed by atoms with Crippen LogP contribution in [-0.2, 0) is 43.6 Å². The van der Waals surface area contributed by atoms with Crippen molar-refractivity contribution in [3.63, 3.8) is 0 Å². The lowest BCUT2D eigenvalue weighted by Crippen LogP contribution is -2.47. The van der Waals surface area contributed by atoms with Crippen molar-refractivity contribution in [2.45, 2.75) is 19.8 Å². The van der Waals surface area contributed by atoms with Gasteiger partial charge in [0.05, 0.1) is 13.2 Å². The molecule has 0 aliphatic carbocycles. The van der Waals surface area contributed by atoms with Gasteiger partial charge < -0.3 is 24.8 Å². The van der Waals surface area contributed by atoms with E-state index in [1.54, 1.807) is 7.11 Å². The molecular weight excluding hydrogens is 550 g/mol. The zero-order valence-corrected chi connectivity index (χ0v) is 24.7. The second kappa shape index (κ2) is 17.6. The second-order valence-corrected chi connectivity index (χ2v) is 10.1. The standard InChI is InChI=1S/C31H41N7O5/c1-41-21-20-37-16-14-36(15-17-37)18-19-38-13-12-28(35-38)34-31(32-22-29(39)42-24-26-8-4-2-5-9-26)33-23-30(40)43-25-27-10-6-3-7-11-27/h2-13H,14-25H2,1H3,(H2,32,33,34,35). The van der Waals surface area contributed by atoms with E-state index in [2.05, 4.69) is 30.5 Å². The van der Waals surface area contributed by atoms with Gasteiger partial charge in [-0.1, -0.05) is 60.7 Å². The summed E-state index contributed by atoms with van der Waals surface area (Å²) in [5, 5.41) is 10.6. The summed E-state index contributed by atoms with van der Waals surface area (Å²) in [6.45, 7) is 7.37. The summed E-state index contributed by atoms with van der Waals surface area (Å²) in [5.41, 5.74) is 1.78. The minimum atomic E-state index is -0.496. The highest BCUT2D eigenvalue weighted by Gasteiger charge is 2.16. The zero-order chi connectivity index (χ0) is 30.1. The Labute approximate surface area is 252 Å². The Hall–Kier alpha value is -4.26. The molecular formula is C31H41N7O5. The highest BCUT2D eigenvalue weighted by atomic mass is 16.5. The van der Waals surface area contributed by atoms with Gasteiger partial charge in [0.2, 0.25) is 0 Å². The fourth-order valence-electron chi connectivity index (χ4n) is 4.39. The first kappa shape index (κ1) is 31.7. The van der Waals surface area contributed by atoms with Gasteiger partial charge in [-0.15, -0.1) is 0 Å². The number of hydrogen-bond donors (Lipinski definition) is 2. The molecule has 3 aromatic rings. The maximum Gasteiger partial charge on any atom is 0.328 e. The van der Waals surface area contributed by atoms with Crippen molar-refractivity contribution in [1.29, 1.82) is 0 Å². The second-order valence-electron chi connectivity index (χ2n) is 10.1. The number of nitrogens with zero attached hydrogens (tertiary/aromatic N) is 5. The number of methoxy groups -OCH3 is 1. The molecule has 12 nitrogen and oxygen atoms in total. The molecule has 1 aliphatic rings. The molecule has 12 heteroatoms. The van der Waals surface area contributed by atoms with Crippen molar-refractivity contribution >= 4 is 23.7 Å². The molecule has 0 atom stereocenters. The van der Waals surface area contributed by atoms with E-state index in [4.69, 9.17) is 14.2 Å². The molecule has 1 aromatic heterocycles. The van der Waals surface area contributed by atoms with Crippen LogP contribution in [0.25, 0.3) is 0 Å². The molecule has 4 rings (SSSR count). The van der Waals surface area contributed by atoms with Crippen LogP contribution in [0.3, 0.4) is 0 Å². The number of aromatic nitrogens is 2. The van der Waals surface area contributed by atoms with Crippen LogP contribution in [-0.4, -0.2) is 104 Å². The van der Waals surface area contributed by atoms with Gasteiger partial charge in [0.25, 0.3) is 0 Å². The van der Waals surface area contributed by atoms with Gasteiger partial charge >= 0.3 is 11.9 Å². The van der Waals surface area contributed by atoms with Gasteiger partial charge in [0.15, 0.2) is 11.8 Å². The van der Waals surface area contributed by atoms with Crippen LogP contribution in [0, 0.1) is 0 Å². The van der Waals surface area contributed by atoms with Crippen LogP contribution < -0.4 is 10.6 Å². The lowest BCUT2D eigenvalue weighted by Gasteiger charge is -2.34. The summed E-state index contributed by atoms with van der Waals surface area (Å²) in [4.78, 5) is 33.9. The van der Waals surface area contributed by atoms with Gasteiger partial charge in [-0.3, -0.25) is 24.1 Å². The third-order valence-corrected chi connectivity index (χ3v) is 6.86. The molecule has 0 bridgehead atoms. The number of guanidine groups is 1. The summed E-state index contributed by atoms with van der Waals surface area (Å²) < 4.78 is 17.7. The summed E-state index contributed by atoms with van der Waals surface area (Å²) in [5.74, 6) is -0.209. The van der Waals surface area contributed by atoms with E-state index in [1.165, 1.54) is 0 Å². The minimum Gasteiger partial charge on any atom is -0.460 e. The van der Waals surface area contributed by atoms with Gasteiger partial charge in [-0.2, -0.15) is 5.10 Å². The Kier molecular flexibility index (Phi) is 13.0. The van der Waals surface area contributed by atoms with Crippen molar-refractivity contribution in [3.8, 4) is 0 Å². The number of esters is 2. The van der Waals surface area contributed by atoms with Gasteiger partial charge in [0, 0.05) is 58.6 Å². The zero-order valence-electron chi connectivity index (χ0n) is 24.7. The van der Waals surface area contributed by atoms with E-state index in [-0.39, 0.29) is 32.3 Å². The molecule has 1 saturated heterocycles. The molecule has 2 aromatic carbocycles. The number of piperazine rings is 1. The summed E-state index contributed by atoms with van der Waals surface area (Å²) >= 11 is 0. The highest BCUT2D eigenvalue weighted by molar-refractivity contribution is 5.95. The summed E-state index contributed by atoms with van der Waals surface area (Å²) in [6, 6.07) is 20.7. The average Bonchev–Trinajstić information content (AvgIpc) is 3.50. The first-order valence-electron chi connectivity index (χ1n) is 14.5. The van der Waals surface area contributed by atoms with E-state index >= 15 is 0 Å². The normalized spacial score (nSPS) is 14.3. The van der Waals surface area contributed by atoms with Crippen LogP contribution in [0.1, 0.15) is 11.1 Å². The minimum absolute atomic E-state index is 0.144. The van der Waals surface area contributed by atoms with Gasteiger partial charge in [-0.25, -0.2) is 4.99 Å². The number of benzene rings is 2. The monoisotopic (exact) mass is 591 g/mol. The lowest BCUT2D eigenvalue weighted by molar-refractivity contribution is -0.144. The number of carbonyl (C=O) groups is 2. The number of hydrogen-bond acceptors (Lipinski definition) is 9. The van der Waals surface area contributed by atoms with Crippen LogP contribution in [0.15, 0.2) is 77.9 Å². The maximum atomic E-state index is 12.4. The number of rotatable bonds is 15. The van der Waals surface area contributed by atoms with Crippen LogP contribution in [0.2, 0.25) is 0 Å². The number of nitrogens with one attached hydrogen (secondary N) is 2. The number of carbonyl (C=O) groups excluding carboxylic acids is 2. The Bertz CT molecular complexity index is 1280. The van der Waals surface area contributed by atoms with Gasteiger partial charge in [-0.05, 0) is 11.1 Å². The molecule has 0 spiro atoms. The van der Waals surface area contributed by atoms with E-state index in [0.29, 0.717) is 5.82 Å². The number of ether oxygens (including phenoxy) is 3. The Morgan fingerprint density at radius 3 is 2.05 bits per heavy atom. The third-order valence-electron chi connectivity index (χ3n) is 6.86. The van der Waals surface area contributed by atoms with E-state index < -0.39 is 11.9 Å². The summed E-state index contributed by atoms with van der Waals surface area (Å²) in [7, 11) is 1.73. The lowest BCUT2D eigenvalue weighted by atomic mass is 10.2. The van der Waals surface area contributed by atoms with Crippen molar-refractivity contribution in [2.75, 3.05) is 71.4 Å². The molecule has 230 valence electrons. The molecule has 2 heterocycles. The highest BCUT2D eigenvalue weighted by Crippen LogP contribution is 2.06. The van der Waals surface area contributed by atoms with Crippen molar-refractivity contribution in [1.82, 2.24) is 24.9 Å². The fourth-order valence-corrected chi connectivity index (χ4v) is 4.39. The van der Waals surface area contributed by atoms with Gasteiger partial charge in [0.1, 0.15) is 26.3 Å². The molecule has 2 N–H and O–H groups in total. The number of aliphatic imine (C=N–C) groups is 1. The predicted molar refractivity (Wildman–Crippen MR) is 163 cm³/mol. The SMILES string of the molecule is COCCN1CCN(CCn2ccc(NC(=NCC(=O)OCc3ccccc3)NCC(=O)OCc3ccccc3)n2)CC1. The van der Waals surface area contributed by atoms with Crippen LogP contribution in [0.5, 0.6) is 0 Å². The Balaban J connectivity index is 1.27. The topological polar surface area (TPSA) is 123 Å². The quantitative estimate of drug-likeness (QED) is 0.154. The molecule has 1 aliphatic heterocycles. The maximum absolute atomic E-state index is 12.4. The van der Waals surface area contributed by atoms with E-state index in [1.807, 2.05) is 77.6 Å². The largest absolute Gasteiger partial charge is 0.460 e. The molecule has 0 unspecified atom stereocenters. The number of anilines is 1.